The Labute approximate surface area is 301 Å². The summed E-state index contributed by atoms with van der Waals surface area (Å²) in [7, 11) is 0. The molecule has 0 aromatic carbocycles. The monoisotopic (exact) mass is 746 g/mol. The Hall–Kier alpha value is 1.14. The molecule has 2 nitrogen and oxygen atoms in total. The Balaban J connectivity index is -0.000000688. The van der Waals surface area contributed by atoms with Crippen LogP contribution in [-0.4, -0.2) is 44.6 Å². The van der Waals surface area contributed by atoms with Crippen molar-refractivity contribution in [3.05, 3.63) is 0 Å². The van der Waals surface area contributed by atoms with Gasteiger partial charge in [-0.3, -0.25) is 0 Å². The third kappa shape index (κ3) is 37.2. The van der Waals surface area contributed by atoms with Gasteiger partial charge in [0.15, 0.2) is 0 Å². The number of hydrogen-bond acceptors (Lipinski definition) is 4. The van der Waals surface area contributed by atoms with Crippen molar-refractivity contribution in [2.75, 3.05) is 26.2 Å². The van der Waals surface area contributed by atoms with E-state index >= 15 is 0 Å². The van der Waals surface area contributed by atoms with Gasteiger partial charge in [0, 0.05) is 26.2 Å². The van der Waals surface area contributed by atoms with Gasteiger partial charge in [-0.25, -0.2) is 0 Å². The largest absolute Gasteiger partial charge is 2.00 e. The Morgan fingerprint density at radius 3 is 0.707 bits per heavy atom. The molecule has 7 heteroatoms. The Morgan fingerprint density at radius 2 is 0.537 bits per heavy atom. The van der Waals surface area contributed by atoms with E-state index in [0.717, 1.165) is 26.2 Å². The van der Waals surface area contributed by atoms with Gasteiger partial charge >= 0.3 is 27.3 Å². The Morgan fingerprint density at radius 1 is 0.366 bits per heavy atom. The summed E-state index contributed by atoms with van der Waals surface area (Å²) in [6, 6.07) is 0. The second-order valence-corrected chi connectivity index (χ2v) is 13.6. The van der Waals surface area contributed by atoms with E-state index in [2.05, 4.69) is 37.5 Å². The molecular weight excluding hydrogens is 677 g/mol. The molecule has 0 bridgehead atoms. The Kier molecular flexibility index (Phi) is 44.5. The van der Waals surface area contributed by atoms with Gasteiger partial charge in [0.05, 0.1) is 0 Å². The minimum Gasteiger partial charge on any atom is -0.411 e. The van der Waals surface area contributed by atoms with Gasteiger partial charge in [0.25, 0.3) is 0 Å². The molecule has 0 amide bonds. The first-order valence-electron chi connectivity index (χ1n) is 17.4. The molecule has 0 heterocycles. The summed E-state index contributed by atoms with van der Waals surface area (Å²) in [6.07, 6.45) is 32.0. The molecule has 0 saturated carbocycles. The standard InChI is InChI=1S/2C17H35NS2.Cd/c2*1-3-5-7-9-11-13-15-18(17(19)20)16-14-12-10-8-6-4-2;/h2*3-16H2,1-2H3,(H,19,20);/q;;+2/p-2. The van der Waals surface area contributed by atoms with Crippen molar-refractivity contribution in [3.63, 3.8) is 0 Å². The van der Waals surface area contributed by atoms with Crippen LogP contribution in [0.1, 0.15) is 182 Å². The van der Waals surface area contributed by atoms with Crippen molar-refractivity contribution >= 4 is 58.3 Å². The average molecular weight is 746 g/mol. The molecule has 0 saturated heterocycles. The molecule has 0 spiro atoms. The van der Waals surface area contributed by atoms with E-state index in [-0.39, 0.29) is 27.3 Å². The van der Waals surface area contributed by atoms with Crippen molar-refractivity contribution in [2.24, 2.45) is 0 Å². The van der Waals surface area contributed by atoms with Crippen LogP contribution in [0.5, 0.6) is 0 Å². The van der Waals surface area contributed by atoms with Crippen LogP contribution < -0.4 is 0 Å². The van der Waals surface area contributed by atoms with E-state index in [0.29, 0.717) is 8.64 Å². The summed E-state index contributed by atoms with van der Waals surface area (Å²) >= 11 is 20.8. The third-order valence-electron chi connectivity index (χ3n) is 7.64. The van der Waals surface area contributed by atoms with Crippen molar-refractivity contribution in [1.29, 1.82) is 0 Å². The fourth-order valence-electron chi connectivity index (χ4n) is 4.92. The molecular formula is C34H68CdN2S4. The molecule has 0 rings (SSSR count). The van der Waals surface area contributed by atoms with Crippen molar-refractivity contribution in [3.8, 4) is 0 Å². The second kappa shape index (κ2) is 39.2. The average Bonchev–Trinajstić information content (AvgIpc) is 2.93. The molecule has 0 aliphatic carbocycles. The maximum absolute atomic E-state index is 5.20. The fourth-order valence-corrected chi connectivity index (χ4v) is 5.65. The van der Waals surface area contributed by atoms with Gasteiger partial charge in [-0.2, -0.15) is 0 Å². The van der Waals surface area contributed by atoms with Crippen molar-refractivity contribution < 1.29 is 27.3 Å². The summed E-state index contributed by atoms with van der Waals surface area (Å²) in [5.74, 6) is 0. The van der Waals surface area contributed by atoms with Crippen LogP contribution in [0.15, 0.2) is 0 Å². The van der Waals surface area contributed by atoms with E-state index in [1.54, 1.807) is 0 Å². The van der Waals surface area contributed by atoms with E-state index in [1.165, 1.54) is 154 Å². The third-order valence-corrected chi connectivity index (χ3v) is 8.68. The molecule has 0 aromatic rings. The molecule has 240 valence electrons. The molecule has 0 fully saturated rings. The molecule has 0 aliphatic rings. The van der Waals surface area contributed by atoms with Crippen LogP contribution in [0.2, 0.25) is 0 Å². The van der Waals surface area contributed by atoms with Crippen LogP contribution in [-0.2, 0) is 52.6 Å². The van der Waals surface area contributed by atoms with Crippen LogP contribution in [0, 0.1) is 0 Å². The van der Waals surface area contributed by atoms with Gasteiger partial charge < -0.3 is 59.5 Å². The zero-order chi connectivity index (χ0) is 30.1. The van der Waals surface area contributed by atoms with E-state index < -0.39 is 0 Å². The topological polar surface area (TPSA) is 6.48 Å². The van der Waals surface area contributed by atoms with Gasteiger partial charge in [0.1, 0.15) is 0 Å². The van der Waals surface area contributed by atoms with E-state index in [1.807, 2.05) is 0 Å². The van der Waals surface area contributed by atoms with Crippen LogP contribution >= 0.6 is 24.4 Å². The summed E-state index contributed by atoms with van der Waals surface area (Å²) in [4.78, 5) is 4.48. The van der Waals surface area contributed by atoms with Crippen LogP contribution in [0.4, 0.5) is 0 Å². The molecule has 0 radical (unpaired) electrons. The fraction of sp³-hybridized carbons (Fsp3) is 0.941. The maximum Gasteiger partial charge on any atom is 2.00 e. The normalized spacial score (nSPS) is 10.4. The number of unbranched alkanes of at least 4 members (excludes halogenated alkanes) is 20. The molecule has 0 unspecified atom stereocenters. The zero-order valence-electron chi connectivity index (χ0n) is 28.0. The minimum absolute atomic E-state index is 0. The molecule has 0 aromatic heterocycles. The molecule has 0 atom stereocenters. The van der Waals surface area contributed by atoms with Gasteiger partial charge in [-0.1, -0.05) is 165 Å². The van der Waals surface area contributed by atoms with Gasteiger partial charge in [0.2, 0.25) is 0 Å². The zero-order valence-corrected chi connectivity index (χ0v) is 35.3. The minimum atomic E-state index is 0. The first kappa shape index (κ1) is 46.6. The van der Waals surface area contributed by atoms with Gasteiger partial charge in [-0.05, 0) is 25.7 Å². The SMILES string of the molecule is CCCCCCCCN(CCCCCCCC)C(=S)[S-].CCCCCCCCN(CCCCCCCC)C(=S)[S-].[Cd+2]. The summed E-state index contributed by atoms with van der Waals surface area (Å²) in [6.45, 7) is 13.3. The van der Waals surface area contributed by atoms with E-state index in [9.17, 15) is 0 Å². The van der Waals surface area contributed by atoms with Crippen molar-refractivity contribution in [1.82, 2.24) is 9.80 Å². The number of hydrogen-bond donors (Lipinski definition) is 0. The molecule has 0 N–H and O–H groups in total. The van der Waals surface area contributed by atoms with Crippen LogP contribution in [0.25, 0.3) is 0 Å². The number of nitrogens with zero attached hydrogens (tertiary/aromatic N) is 2. The first-order chi connectivity index (χ1) is 19.4. The first-order valence-corrected chi connectivity index (χ1v) is 19.0. The van der Waals surface area contributed by atoms with Gasteiger partial charge in [-0.15, -0.1) is 0 Å². The summed E-state index contributed by atoms with van der Waals surface area (Å²) in [5, 5.41) is 0. The maximum atomic E-state index is 5.20. The van der Waals surface area contributed by atoms with Crippen molar-refractivity contribution in [2.45, 2.75) is 182 Å². The second-order valence-electron chi connectivity index (χ2n) is 11.6. The molecule has 0 aliphatic heterocycles. The summed E-state index contributed by atoms with van der Waals surface area (Å²) < 4.78 is 1.35. The predicted molar refractivity (Wildman–Crippen MR) is 197 cm³/mol. The smallest absolute Gasteiger partial charge is 0.411 e. The molecule has 41 heavy (non-hydrogen) atoms. The quantitative estimate of drug-likeness (QED) is 0.0338. The Bertz CT molecular complexity index is 459. The number of thiocarbonyl (C=S) groups is 2. The predicted octanol–water partition coefficient (Wildman–Crippen LogP) is 11.7. The van der Waals surface area contributed by atoms with Crippen LogP contribution in [0.3, 0.4) is 0 Å². The van der Waals surface area contributed by atoms with E-state index in [4.69, 9.17) is 49.7 Å². The summed E-state index contributed by atoms with van der Waals surface area (Å²) in [5.41, 5.74) is 0. The number of rotatable bonds is 28.